The number of hydrogen-bond donors (Lipinski definition) is 1. The zero-order valence-electron chi connectivity index (χ0n) is 15.8. The minimum absolute atomic E-state index is 0.0918. The molecule has 0 saturated carbocycles. The van der Waals surface area contributed by atoms with Crippen LogP contribution in [0.15, 0.2) is 64.6 Å². The Bertz CT molecular complexity index is 831. The van der Waals surface area contributed by atoms with Crippen molar-refractivity contribution in [1.29, 1.82) is 0 Å². The van der Waals surface area contributed by atoms with E-state index in [0.717, 1.165) is 5.03 Å². The quantitative estimate of drug-likeness (QED) is 0.433. The van der Waals surface area contributed by atoms with Gasteiger partial charge in [-0.05, 0) is 47.4 Å². The van der Waals surface area contributed by atoms with Gasteiger partial charge >= 0.3 is 6.09 Å². The van der Waals surface area contributed by atoms with Crippen LogP contribution in [0.25, 0.3) is 0 Å². The van der Waals surface area contributed by atoms with Gasteiger partial charge in [0.25, 0.3) is 0 Å². The van der Waals surface area contributed by atoms with Crippen LogP contribution in [0, 0.1) is 5.92 Å². The van der Waals surface area contributed by atoms with Crippen molar-refractivity contribution in [3.05, 3.63) is 54.7 Å². The van der Waals surface area contributed by atoms with Gasteiger partial charge in [-0.15, -0.1) is 0 Å². The van der Waals surface area contributed by atoms with Crippen LogP contribution >= 0.6 is 21.6 Å². The summed E-state index contributed by atoms with van der Waals surface area (Å²) < 4.78 is 30.9. The van der Waals surface area contributed by atoms with Crippen molar-refractivity contribution in [2.75, 3.05) is 12.4 Å². The van der Waals surface area contributed by atoms with Gasteiger partial charge in [0.2, 0.25) is 0 Å². The number of amides is 1. The van der Waals surface area contributed by atoms with Gasteiger partial charge in [-0.1, -0.05) is 48.9 Å². The van der Waals surface area contributed by atoms with E-state index >= 15 is 0 Å². The Hall–Kier alpha value is -1.71. The number of carbonyl (C=O) groups is 1. The molecule has 0 aliphatic rings. The van der Waals surface area contributed by atoms with Gasteiger partial charge in [-0.2, -0.15) is 0 Å². The lowest BCUT2D eigenvalue weighted by atomic mass is 10.1. The van der Waals surface area contributed by atoms with E-state index < -0.39 is 21.3 Å². The number of pyridine rings is 1. The average molecular weight is 441 g/mol. The number of nitrogens with zero attached hydrogens (tertiary/aromatic N) is 1. The second-order valence-corrected chi connectivity index (χ2v) is 10.9. The number of rotatable bonds is 10. The molecule has 1 unspecified atom stereocenters. The fourth-order valence-electron chi connectivity index (χ4n) is 2.31. The lowest BCUT2D eigenvalue weighted by Gasteiger charge is -2.20. The molecule has 0 saturated heterocycles. The van der Waals surface area contributed by atoms with Gasteiger partial charge in [0.05, 0.1) is 4.90 Å². The Morgan fingerprint density at radius 1 is 1.14 bits per heavy atom. The Morgan fingerprint density at radius 2 is 1.86 bits per heavy atom. The summed E-state index contributed by atoms with van der Waals surface area (Å²) in [5.41, 5.74) is 0. The van der Waals surface area contributed by atoms with Crippen molar-refractivity contribution in [2.45, 2.75) is 35.6 Å². The van der Waals surface area contributed by atoms with Gasteiger partial charge in [0.15, 0.2) is 9.84 Å². The molecule has 28 heavy (non-hydrogen) atoms. The molecule has 152 valence electrons. The number of carbonyl (C=O) groups excluding carboxylic acids is 1. The average Bonchev–Trinajstić information content (AvgIpc) is 2.68. The Labute approximate surface area is 174 Å². The van der Waals surface area contributed by atoms with Crippen LogP contribution in [0.1, 0.15) is 20.3 Å². The standard InChI is InChI=1S/C19H24N2O4S3/c1-15(2)14-18(28(23,24)16-8-4-3-5-9-16)21-19(22)25-12-13-26-27-17-10-6-7-11-20-17/h3-11,15,18H,12-14H2,1-2H3,(H,21,22). The van der Waals surface area contributed by atoms with E-state index in [4.69, 9.17) is 4.74 Å². The summed E-state index contributed by atoms with van der Waals surface area (Å²) in [4.78, 5) is 16.5. The molecule has 9 heteroatoms. The number of hydrogen-bond acceptors (Lipinski definition) is 7. The Kier molecular flexibility index (Phi) is 9.14. The third kappa shape index (κ3) is 7.37. The molecule has 0 radical (unpaired) electrons. The van der Waals surface area contributed by atoms with E-state index in [2.05, 4.69) is 10.3 Å². The van der Waals surface area contributed by atoms with Crippen LogP contribution in [0.2, 0.25) is 0 Å². The van der Waals surface area contributed by atoms with Crippen LogP contribution in [0.5, 0.6) is 0 Å². The van der Waals surface area contributed by atoms with Crippen molar-refractivity contribution in [1.82, 2.24) is 10.3 Å². The number of benzene rings is 1. The summed E-state index contributed by atoms with van der Waals surface area (Å²) in [5, 5.41) is 2.37. The molecule has 2 rings (SSSR count). The number of nitrogens with one attached hydrogen (secondary N) is 1. The molecule has 0 aliphatic carbocycles. The van der Waals surface area contributed by atoms with Crippen molar-refractivity contribution in [2.24, 2.45) is 5.92 Å². The third-order valence-corrected chi connectivity index (χ3v) is 7.81. The van der Waals surface area contributed by atoms with Crippen LogP contribution in [-0.2, 0) is 14.6 Å². The summed E-state index contributed by atoms with van der Waals surface area (Å²) in [6.45, 7) is 3.99. The van der Waals surface area contributed by atoms with E-state index in [0.29, 0.717) is 12.2 Å². The topological polar surface area (TPSA) is 85.4 Å². The van der Waals surface area contributed by atoms with Crippen molar-refractivity contribution < 1.29 is 17.9 Å². The molecule has 1 heterocycles. The highest BCUT2D eigenvalue weighted by Crippen LogP contribution is 2.28. The SMILES string of the molecule is CC(C)CC(NC(=O)OCCSSc1ccccn1)S(=O)(=O)c1ccccc1. The molecule has 1 N–H and O–H groups in total. The van der Waals surface area contributed by atoms with Gasteiger partial charge in [-0.25, -0.2) is 18.2 Å². The second-order valence-electron chi connectivity index (χ2n) is 6.33. The molecule has 6 nitrogen and oxygen atoms in total. The lowest BCUT2D eigenvalue weighted by Crippen LogP contribution is -2.42. The van der Waals surface area contributed by atoms with Crippen molar-refractivity contribution in [3.8, 4) is 0 Å². The molecule has 1 amide bonds. The first kappa shape index (κ1) is 22.6. The van der Waals surface area contributed by atoms with E-state index in [1.165, 1.54) is 33.7 Å². The number of sulfone groups is 1. The fourth-order valence-corrected chi connectivity index (χ4v) is 5.77. The highest BCUT2D eigenvalue weighted by Gasteiger charge is 2.30. The van der Waals surface area contributed by atoms with Gasteiger partial charge in [0, 0.05) is 11.9 Å². The summed E-state index contributed by atoms with van der Waals surface area (Å²) in [6.07, 6.45) is 1.29. The van der Waals surface area contributed by atoms with Crippen molar-refractivity contribution >= 4 is 37.5 Å². The van der Waals surface area contributed by atoms with E-state index in [9.17, 15) is 13.2 Å². The number of alkyl carbamates (subject to hydrolysis) is 1. The molecule has 0 spiro atoms. The molecule has 1 aromatic heterocycles. The smallest absolute Gasteiger partial charge is 0.408 e. The maximum atomic E-state index is 12.9. The molecule has 1 aromatic carbocycles. The minimum atomic E-state index is -3.69. The molecule has 0 aliphatic heterocycles. The maximum Gasteiger partial charge on any atom is 0.408 e. The summed E-state index contributed by atoms with van der Waals surface area (Å²) in [7, 11) is -0.687. The summed E-state index contributed by atoms with van der Waals surface area (Å²) >= 11 is 0. The van der Waals surface area contributed by atoms with Gasteiger partial charge < -0.3 is 10.1 Å². The first-order chi connectivity index (χ1) is 13.4. The fraction of sp³-hybridized carbons (Fsp3) is 0.368. The highest BCUT2D eigenvalue weighted by molar-refractivity contribution is 8.76. The highest BCUT2D eigenvalue weighted by atomic mass is 33.1. The molecular weight excluding hydrogens is 416 g/mol. The predicted octanol–water partition coefficient (Wildman–Crippen LogP) is 4.39. The lowest BCUT2D eigenvalue weighted by molar-refractivity contribution is 0.151. The van der Waals surface area contributed by atoms with Crippen LogP contribution in [0.3, 0.4) is 0 Å². The van der Waals surface area contributed by atoms with Gasteiger partial charge in [-0.3, -0.25) is 0 Å². The van der Waals surface area contributed by atoms with Gasteiger partial charge in [0.1, 0.15) is 17.0 Å². The van der Waals surface area contributed by atoms with Crippen LogP contribution < -0.4 is 5.32 Å². The molecule has 0 fully saturated rings. The maximum absolute atomic E-state index is 12.9. The largest absolute Gasteiger partial charge is 0.449 e. The van der Waals surface area contributed by atoms with Crippen LogP contribution in [-0.4, -0.2) is 37.2 Å². The predicted molar refractivity (Wildman–Crippen MR) is 114 cm³/mol. The summed E-state index contributed by atoms with van der Waals surface area (Å²) in [6, 6.07) is 13.8. The Morgan fingerprint density at radius 3 is 2.50 bits per heavy atom. The zero-order valence-corrected chi connectivity index (χ0v) is 18.2. The Balaban J connectivity index is 1.85. The minimum Gasteiger partial charge on any atom is -0.449 e. The van der Waals surface area contributed by atoms with E-state index in [1.54, 1.807) is 24.4 Å². The normalized spacial score (nSPS) is 12.5. The first-order valence-electron chi connectivity index (χ1n) is 8.82. The van der Waals surface area contributed by atoms with Crippen LogP contribution in [0.4, 0.5) is 4.79 Å². The van der Waals surface area contributed by atoms with E-state index in [-0.39, 0.29) is 17.4 Å². The number of ether oxygens (including phenoxy) is 1. The first-order valence-corrected chi connectivity index (χ1v) is 12.7. The number of aromatic nitrogens is 1. The summed E-state index contributed by atoms with van der Waals surface area (Å²) in [5.74, 6) is 0.656. The zero-order chi connectivity index (χ0) is 20.4. The van der Waals surface area contributed by atoms with E-state index in [1.807, 2.05) is 32.0 Å². The second kappa shape index (κ2) is 11.3. The van der Waals surface area contributed by atoms with Crippen molar-refractivity contribution in [3.63, 3.8) is 0 Å². The molecule has 2 aromatic rings. The molecular formula is C19H24N2O4S3. The monoisotopic (exact) mass is 440 g/mol. The third-order valence-electron chi connectivity index (χ3n) is 3.59. The molecule has 0 bridgehead atoms. The molecule has 1 atom stereocenters.